The summed E-state index contributed by atoms with van der Waals surface area (Å²) in [5, 5.41) is 13.2. The van der Waals surface area contributed by atoms with Crippen LogP contribution in [0.25, 0.3) is 0 Å². The Morgan fingerprint density at radius 1 is 1.32 bits per heavy atom. The van der Waals surface area contributed by atoms with E-state index in [0.29, 0.717) is 5.92 Å². The second-order valence-corrected chi connectivity index (χ2v) is 7.59. The normalized spacial score (nSPS) is 23.6. The number of ether oxygens (including phenoxy) is 1. The summed E-state index contributed by atoms with van der Waals surface area (Å²) in [5.41, 5.74) is 2.74. The van der Waals surface area contributed by atoms with Crippen molar-refractivity contribution in [2.45, 2.75) is 45.7 Å². The fourth-order valence-corrected chi connectivity index (χ4v) is 4.56. The van der Waals surface area contributed by atoms with Gasteiger partial charge in [0.15, 0.2) is 0 Å². The Morgan fingerprint density at radius 3 is 2.76 bits per heavy atom. The van der Waals surface area contributed by atoms with E-state index >= 15 is 0 Å². The Bertz CT molecular complexity index is 730. The van der Waals surface area contributed by atoms with Crippen molar-refractivity contribution in [1.29, 1.82) is 0 Å². The summed E-state index contributed by atoms with van der Waals surface area (Å²) in [4.78, 5) is 2.58. The lowest BCUT2D eigenvalue weighted by Crippen LogP contribution is -2.36. The van der Waals surface area contributed by atoms with Crippen molar-refractivity contribution < 1.29 is 4.74 Å². The quantitative estimate of drug-likeness (QED) is 0.845. The lowest BCUT2D eigenvalue weighted by molar-refractivity contribution is 0.0105. The van der Waals surface area contributed by atoms with Crippen LogP contribution in [0, 0.1) is 12.3 Å². The molecule has 1 atom stereocenters. The first kappa shape index (κ1) is 16.7. The van der Waals surface area contributed by atoms with Gasteiger partial charge in [-0.2, -0.15) is 5.10 Å². The first-order valence-corrected chi connectivity index (χ1v) is 9.28. The lowest BCUT2D eigenvalue weighted by atomic mass is 9.72. The fraction of sp³-hybridized carbons (Fsp3) is 0.722. The molecule has 2 aromatic rings. The molecule has 136 valence electrons. The van der Waals surface area contributed by atoms with Crippen molar-refractivity contribution in [3.05, 3.63) is 29.6 Å². The Labute approximate surface area is 149 Å². The molecule has 2 aliphatic heterocycles. The third-order valence-corrected chi connectivity index (χ3v) is 6.03. The van der Waals surface area contributed by atoms with Gasteiger partial charge < -0.3 is 9.30 Å². The predicted octanol–water partition coefficient (Wildman–Crippen LogP) is 1.74. The molecule has 0 radical (unpaired) electrons. The first-order chi connectivity index (χ1) is 12.1. The van der Waals surface area contributed by atoms with Crippen LogP contribution in [0.15, 0.2) is 12.5 Å². The van der Waals surface area contributed by atoms with Crippen LogP contribution in [-0.2, 0) is 24.9 Å². The number of nitrogens with zero attached hydrogens (tertiary/aromatic N) is 6. The van der Waals surface area contributed by atoms with Gasteiger partial charge in [0, 0.05) is 64.1 Å². The summed E-state index contributed by atoms with van der Waals surface area (Å²) in [6, 6.07) is 0. The van der Waals surface area contributed by atoms with Gasteiger partial charge in [-0.1, -0.05) is 0 Å². The van der Waals surface area contributed by atoms with E-state index in [2.05, 4.69) is 51.9 Å². The van der Waals surface area contributed by atoms with Gasteiger partial charge in [-0.05, 0) is 32.1 Å². The lowest BCUT2D eigenvalue weighted by Gasteiger charge is -2.37. The van der Waals surface area contributed by atoms with E-state index in [-0.39, 0.29) is 5.41 Å². The molecular formula is C18H28N6O. The molecule has 4 heterocycles. The number of hydrogen-bond donors (Lipinski definition) is 0. The molecule has 7 nitrogen and oxygen atoms in total. The Hall–Kier alpha value is -1.73. The molecule has 0 saturated carbocycles. The maximum atomic E-state index is 5.67. The van der Waals surface area contributed by atoms with E-state index in [1.54, 1.807) is 0 Å². The SMILES string of the molecule is CCn1cc(CN2CC(c3nncn3C)C3(CCOCC3)C2)c(C)n1. The topological polar surface area (TPSA) is 61.0 Å². The molecular weight excluding hydrogens is 316 g/mol. The third kappa shape index (κ3) is 3.00. The van der Waals surface area contributed by atoms with Crippen LogP contribution in [0.1, 0.15) is 42.8 Å². The number of aryl methyl sites for hydroxylation is 3. The molecule has 2 aliphatic rings. The van der Waals surface area contributed by atoms with Gasteiger partial charge in [-0.3, -0.25) is 9.58 Å². The molecule has 1 unspecified atom stereocenters. The van der Waals surface area contributed by atoms with Crippen LogP contribution in [0.3, 0.4) is 0 Å². The molecule has 2 fully saturated rings. The van der Waals surface area contributed by atoms with Crippen molar-refractivity contribution in [3.8, 4) is 0 Å². The van der Waals surface area contributed by atoms with E-state index in [9.17, 15) is 0 Å². The molecule has 4 rings (SSSR count). The largest absolute Gasteiger partial charge is 0.381 e. The summed E-state index contributed by atoms with van der Waals surface area (Å²) in [7, 11) is 2.06. The van der Waals surface area contributed by atoms with Crippen LogP contribution >= 0.6 is 0 Å². The maximum absolute atomic E-state index is 5.67. The van der Waals surface area contributed by atoms with E-state index in [1.807, 2.05) is 11.0 Å². The van der Waals surface area contributed by atoms with E-state index in [4.69, 9.17) is 4.74 Å². The Balaban J connectivity index is 1.59. The van der Waals surface area contributed by atoms with Gasteiger partial charge in [0.2, 0.25) is 0 Å². The number of rotatable bonds is 4. The van der Waals surface area contributed by atoms with Crippen molar-refractivity contribution in [2.75, 3.05) is 26.3 Å². The van der Waals surface area contributed by atoms with Gasteiger partial charge in [0.25, 0.3) is 0 Å². The number of likely N-dealkylation sites (tertiary alicyclic amines) is 1. The van der Waals surface area contributed by atoms with Gasteiger partial charge in [0.1, 0.15) is 12.2 Å². The molecule has 25 heavy (non-hydrogen) atoms. The van der Waals surface area contributed by atoms with Gasteiger partial charge in [0.05, 0.1) is 5.69 Å². The first-order valence-electron chi connectivity index (χ1n) is 9.28. The van der Waals surface area contributed by atoms with Crippen molar-refractivity contribution >= 4 is 0 Å². The summed E-state index contributed by atoms with van der Waals surface area (Å²) in [6.45, 7) is 9.97. The maximum Gasteiger partial charge on any atom is 0.137 e. The average Bonchev–Trinajstić information content (AvgIpc) is 3.27. The van der Waals surface area contributed by atoms with Crippen molar-refractivity contribution in [1.82, 2.24) is 29.4 Å². The highest BCUT2D eigenvalue weighted by molar-refractivity contribution is 5.18. The molecule has 0 N–H and O–H groups in total. The smallest absolute Gasteiger partial charge is 0.137 e. The van der Waals surface area contributed by atoms with Crippen LogP contribution in [0.4, 0.5) is 0 Å². The van der Waals surface area contributed by atoms with Crippen LogP contribution in [0.2, 0.25) is 0 Å². The second-order valence-electron chi connectivity index (χ2n) is 7.59. The molecule has 0 amide bonds. The Kier molecular flexibility index (Phi) is 4.37. The summed E-state index contributed by atoms with van der Waals surface area (Å²) >= 11 is 0. The number of hydrogen-bond acceptors (Lipinski definition) is 5. The minimum atomic E-state index is 0.258. The summed E-state index contributed by atoms with van der Waals surface area (Å²) in [5.74, 6) is 1.54. The van der Waals surface area contributed by atoms with Crippen LogP contribution in [0.5, 0.6) is 0 Å². The molecule has 0 aliphatic carbocycles. The Morgan fingerprint density at radius 2 is 2.12 bits per heavy atom. The molecule has 2 aromatic heterocycles. The van der Waals surface area contributed by atoms with Crippen LogP contribution < -0.4 is 0 Å². The van der Waals surface area contributed by atoms with Crippen LogP contribution in [-0.4, -0.2) is 55.7 Å². The summed E-state index contributed by atoms with van der Waals surface area (Å²) < 4.78 is 9.79. The monoisotopic (exact) mass is 344 g/mol. The molecule has 2 saturated heterocycles. The second kappa shape index (κ2) is 6.53. The van der Waals surface area contributed by atoms with Crippen molar-refractivity contribution in [2.24, 2.45) is 12.5 Å². The summed E-state index contributed by atoms with van der Waals surface area (Å²) in [6.07, 6.45) is 6.23. The minimum Gasteiger partial charge on any atom is -0.381 e. The zero-order chi connectivity index (χ0) is 17.4. The highest BCUT2D eigenvalue weighted by atomic mass is 16.5. The highest BCUT2D eigenvalue weighted by Gasteiger charge is 2.49. The standard InChI is InChI=1S/C18H28N6O/c1-4-24-10-15(14(2)21-24)9-23-11-16(17-20-19-13-22(17)3)18(12-23)5-7-25-8-6-18/h10,13,16H,4-9,11-12H2,1-3H3. The van der Waals surface area contributed by atoms with E-state index in [1.165, 1.54) is 5.56 Å². The fourth-order valence-electron chi connectivity index (χ4n) is 4.56. The minimum absolute atomic E-state index is 0.258. The average molecular weight is 344 g/mol. The van der Waals surface area contributed by atoms with E-state index < -0.39 is 0 Å². The van der Waals surface area contributed by atoms with Gasteiger partial charge in [-0.15, -0.1) is 10.2 Å². The molecule has 7 heteroatoms. The number of aromatic nitrogens is 5. The highest BCUT2D eigenvalue weighted by Crippen LogP contribution is 2.49. The molecule has 1 spiro atoms. The molecule has 0 bridgehead atoms. The van der Waals surface area contributed by atoms with Gasteiger partial charge >= 0.3 is 0 Å². The van der Waals surface area contributed by atoms with E-state index in [0.717, 1.165) is 63.8 Å². The zero-order valence-electron chi connectivity index (χ0n) is 15.5. The molecule has 0 aromatic carbocycles. The van der Waals surface area contributed by atoms with Gasteiger partial charge in [-0.25, -0.2) is 0 Å². The zero-order valence-corrected chi connectivity index (χ0v) is 15.5. The predicted molar refractivity (Wildman–Crippen MR) is 94.1 cm³/mol. The third-order valence-electron chi connectivity index (χ3n) is 6.03. The van der Waals surface area contributed by atoms with Crippen molar-refractivity contribution in [3.63, 3.8) is 0 Å².